The van der Waals surface area contributed by atoms with Crippen molar-refractivity contribution in [3.63, 3.8) is 0 Å². The highest BCUT2D eigenvalue weighted by Gasteiger charge is 2.29. The van der Waals surface area contributed by atoms with Crippen LogP contribution in [0.5, 0.6) is 0 Å². The van der Waals surface area contributed by atoms with Crippen LogP contribution in [0.1, 0.15) is 5.56 Å². The lowest BCUT2D eigenvalue weighted by atomic mass is 9.93. The largest absolute Gasteiger partial charge is 0.394 e. The molecule has 2 nitrogen and oxygen atoms in total. The van der Waals surface area contributed by atoms with E-state index < -0.39 is 5.54 Å². The molecule has 0 aliphatic rings. The maximum absolute atomic E-state index is 9.87. The van der Waals surface area contributed by atoms with Gasteiger partial charge in [-0.25, -0.2) is 0 Å². The maximum Gasteiger partial charge on any atom is 0.0761 e. The Hall–Kier alpha value is -0.810. The molecule has 2 aromatic rings. The number of rotatable bonds is 6. The van der Waals surface area contributed by atoms with Crippen LogP contribution in [0.3, 0.4) is 0 Å². The summed E-state index contributed by atoms with van der Waals surface area (Å²) in [6, 6.07) is 18.3. The fourth-order valence-electron chi connectivity index (χ4n) is 2.01. The molecular weight excluding hydrogens is 334 g/mol. The van der Waals surface area contributed by atoms with Crippen LogP contribution in [0.15, 0.2) is 64.0 Å². The fourth-order valence-corrected chi connectivity index (χ4v) is 3.42. The molecule has 2 rings (SSSR count). The smallest absolute Gasteiger partial charge is 0.0761 e. The van der Waals surface area contributed by atoms with Crippen LogP contribution in [0, 0.1) is 0 Å². The van der Waals surface area contributed by atoms with Gasteiger partial charge in [0.1, 0.15) is 0 Å². The SMILES string of the molecule is CNC(CO)(CSc1ccc(Br)cc1)c1ccccc1. The van der Waals surface area contributed by atoms with Gasteiger partial charge in [0.15, 0.2) is 0 Å². The number of thioether (sulfide) groups is 1. The quantitative estimate of drug-likeness (QED) is 0.779. The van der Waals surface area contributed by atoms with Crippen LogP contribution >= 0.6 is 27.7 Å². The van der Waals surface area contributed by atoms with E-state index in [1.807, 2.05) is 37.4 Å². The lowest BCUT2D eigenvalue weighted by molar-refractivity contribution is 0.187. The number of hydrogen-bond acceptors (Lipinski definition) is 3. The molecule has 1 atom stereocenters. The summed E-state index contributed by atoms with van der Waals surface area (Å²) in [5.74, 6) is 0.769. The van der Waals surface area contributed by atoms with Crippen LogP contribution in [0.4, 0.5) is 0 Å². The second-order valence-electron chi connectivity index (χ2n) is 4.60. The van der Waals surface area contributed by atoms with Gasteiger partial charge in [-0.1, -0.05) is 46.3 Å². The van der Waals surface area contributed by atoms with Crippen LogP contribution in [-0.2, 0) is 5.54 Å². The lowest BCUT2D eigenvalue weighted by Gasteiger charge is -2.32. The highest BCUT2D eigenvalue weighted by molar-refractivity contribution is 9.10. The van der Waals surface area contributed by atoms with Gasteiger partial charge >= 0.3 is 0 Å². The van der Waals surface area contributed by atoms with Crippen molar-refractivity contribution in [2.24, 2.45) is 0 Å². The molecule has 0 aliphatic heterocycles. The summed E-state index contributed by atoms with van der Waals surface area (Å²) in [6.45, 7) is 0.0665. The first-order chi connectivity index (χ1) is 9.70. The van der Waals surface area contributed by atoms with Gasteiger partial charge in [0.25, 0.3) is 0 Å². The Morgan fingerprint density at radius 3 is 2.30 bits per heavy atom. The van der Waals surface area contributed by atoms with Gasteiger partial charge in [-0.05, 0) is 36.9 Å². The minimum absolute atomic E-state index is 0.0665. The molecule has 106 valence electrons. The first-order valence-electron chi connectivity index (χ1n) is 6.44. The average molecular weight is 352 g/mol. The van der Waals surface area contributed by atoms with Crippen LogP contribution in [-0.4, -0.2) is 24.5 Å². The third-order valence-corrected chi connectivity index (χ3v) is 5.15. The summed E-state index contributed by atoms with van der Waals surface area (Å²) in [6.07, 6.45) is 0. The Morgan fingerprint density at radius 1 is 1.10 bits per heavy atom. The van der Waals surface area contributed by atoms with Crippen molar-refractivity contribution in [3.8, 4) is 0 Å². The number of halogens is 1. The first kappa shape index (κ1) is 15.6. The Kier molecular flexibility index (Phi) is 5.66. The van der Waals surface area contributed by atoms with Crippen molar-refractivity contribution < 1.29 is 5.11 Å². The van der Waals surface area contributed by atoms with Crippen molar-refractivity contribution in [1.29, 1.82) is 0 Å². The van der Waals surface area contributed by atoms with E-state index in [1.165, 1.54) is 4.90 Å². The predicted molar refractivity (Wildman–Crippen MR) is 89.1 cm³/mol. The van der Waals surface area contributed by atoms with Gasteiger partial charge in [0, 0.05) is 15.1 Å². The minimum Gasteiger partial charge on any atom is -0.394 e. The highest BCUT2D eigenvalue weighted by Crippen LogP contribution is 2.30. The zero-order chi connectivity index (χ0) is 14.4. The average Bonchev–Trinajstić information content (AvgIpc) is 2.51. The molecule has 0 heterocycles. The number of aliphatic hydroxyl groups excluding tert-OH is 1. The monoisotopic (exact) mass is 351 g/mol. The molecule has 2 N–H and O–H groups in total. The van der Waals surface area contributed by atoms with E-state index in [2.05, 4.69) is 45.5 Å². The second kappa shape index (κ2) is 7.27. The Bertz CT molecular complexity index is 526. The molecule has 0 amide bonds. The van der Waals surface area contributed by atoms with E-state index in [9.17, 15) is 5.11 Å². The Morgan fingerprint density at radius 2 is 1.75 bits per heavy atom. The van der Waals surface area contributed by atoms with Crippen molar-refractivity contribution in [3.05, 3.63) is 64.6 Å². The van der Waals surface area contributed by atoms with Gasteiger partial charge < -0.3 is 10.4 Å². The summed E-state index contributed by atoms with van der Waals surface area (Å²) < 4.78 is 1.08. The van der Waals surface area contributed by atoms with Crippen molar-refractivity contribution in [2.45, 2.75) is 10.4 Å². The van der Waals surface area contributed by atoms with E-state index in [-0.39, 0.29) is 6.61 Å². The summed E-state index contributed by atoms with van der Waals surface area (Å²) >= 11 is 5.18. The molecule has 0 aliphatic carbocycles. The molecular formula is C16H18BrNOS. The number of likely N-dealkylation sites (N-methyl/N-ethyl adjacent to an activating group) is 1. The Balaban J connectivity index is 2.15. The summed E-state index contributed by atoms with van der Waals surface area (Å²) in [5.41, 5.74) is 0.688. The van der Waals surface area contributed by atoms with Crippen LogP contribution in [0.25, 0.3) is 0 Å². The van der Waals surface area contributed by atoms with Crippen molar-refractivity contribution >= 4 is 27.7 Å². The summed E-state index contributed by atoms with van der Waals surface area (Å²) in [7, 11) is 1.89. The summed E-state index contributed by atoms with van der Waals surface area (Å²) in [4.78, 5) is 1.19. The van der Waals surface area contributed by atoms with Crippen molar-refractivity contribution in [1.82, 2.24) is 5.32 Å². The van der Waals surface area contributed by atoms with Gasteiger partial charge in [-0.2, -0.15) is 0 Å². The molecule has 0 saturated carbocycles. The van der Waals surface area contributed by atoms with E-state index >= 15 is 0 Å². The van der Waals surface area contributed by atoms with Crippen LogP contribution in [0.2, 0.25) is 0 Å². The standard InChI is InChI=1S/C16H18BrNOS/c1-18-16(11-19,13-5-3-2-4-6-13)12-20-15-9-7-14(17)8-10-15/h2-10,18-19H,11-12H2,1H3. The first-order valence-corrected chi connectivity index (χ1v) is 8.22. The summed E-state index contributed by atoms with van der Waals surface area (Å²) in [5, 5.41) is 13.2. The molecule has 0 bridgehead atoms. The molecule has 4 heteroatoms. The minimum atomic E-state index is -0.418. The molecule has 2 aromatic carbocycles. The molecule has 0 radical (unpaired) electrons. The third-order valence-electron chi connectivity index (χ3n) is 3.37. The molecule has 0 aromatic heterocycles. The normalized spacial score (nSPS) is 13.9. The molecule has 20 heavy (non-hydrogen) atoms. The van der Waals surface area contributed by atoms with Crippen molar-refractivity contribution in [2.75, 3.05) is 19.4 Å². The van der Waals surface area contributed by atoms with Gasteiger partial charge in [-0.3, -0.25) is 0 Å². The zero-order valence-electron chi connectivity index (χ0n) is 11.3. The number of hydrogen-bond donors (Lipinski definition) is 2. The van der Waals surface area contributed by atoms with Crippen LogP contribution < -0.4 is 5.32 Å². The zero-order valence-corrected chi connectivity index (χ0v) is 13.7. The Labute approximate surface area is 132 Å². The van der Waals surface area contributed by atoms with Gasteiger partial charge in [0.05, 0.1) is 12.1 Å². The van der Waals surface area contributed by atoms with Gasteiger partial charge in [0.2, 0.25) is 0 Å². The van der Waals surface area contributed by atoms with E-state index in [0.29, 0.717) is 0 Å². The molecule has 1 unspecified atom stereocenters. The maximum atomic E-state index is 9.87. The van der Waals surface area contributed by atoms with E-state index in [0.717, 1.165) is 15.8 Å². The van der Waals surface area contributed by atoms with Gasteiger partial charge in [-0.15, -0.1) is 11.8 Å². The topological polar surface area (TPSA) is 32.3 Å². The number of nitrogens with one attached hydrogen (secondary N) is 1. The second-order valence-corrected chi connectivity index (χ2v) is 6.56. The predicted octanol–water partition coefficient (Wildman–Crippen LogP) is 3.65. The molecule has 0 fully saturated rings. The fraction of sp³-hybridized carbons (Fsp3) is 0.250. The third kappa shape index (κ3) is 3.64. The highest BCUT2D eigenvalue weighted by atomic mass is 79.9. The number of aliphatic hydroxyl groups is 1. The molecule has 0 spiro atoms. The number of benzene rings is 2. The lowest BCUT2D eigenvalue weighted by Crippen LogP contribution is -2.45. The van der Waals surface area contributed by atoms with E-state index in [4.69, 9.17) is 0 Å². The molecule has 0 saturated heterocycles. The van der Waals surface area contributed by atoms with E-state index in [1.54, 1.807) is 11.8 Å².